The van der Waals surface area contributed by atoms with E-state index in [4.69, 9.17) is 0 Å². The molecule has 1 heteroatoms. The summed E-state index contributed by atoms with van der Waals surface area (Å²) in [6.07, 6.45) is 3.51. The van der Waals surface area contributed by atoms with Crippen LogP contribution in [-0.4, -0.2) is 8.80 Å². The van der Waals surface area contributed by atoms with Crippen LogP contribution >= 0.6 is 0 Å². The zero-order valence-electron chi connectivity index (χ0n) is 12.1. The molecule has 3 rings (SSSR count). The molecule has 1 aliphatic carbocycles. The minimum Gasteiger partial charge on any atom is -0.0776 e. The standard InChI is InChI=1S/C19H20Si/c1-15-13-14-16(2)19(15)20(17-9-5-3-6-10-17)18-11-7-4-8-12-18/h3-13,20H,14H2,1-2H3. The van der Waals surface area contributed by atoms with Crippen molar-refractivity contribution < 1.29 is 0 Å². The Morgan fingerprint density at radius 1 is 0.750 bits per heavy atom. The molecule has 0 aliphatic heterocycles. The van der Waals surface area contributed by atoms with Gasteiger partial charge in [0, 0.05) is 0 Å². The Hall–Kier alpha value is -1.86. The maximum Gasteiger partial charge on any atom is 0.133 e. The Kier molecular flexibility index (Phi) is 3.70. The summed E-state index contributed by atoms with van der Waals surface area (Å²) in [4.78, 5) is 0. The highest BCUT2D eigenvalue weighted by Crippen LogP contribution is 2.27. The lowest BCUT2D eigenvalue weighted by Crippen LogP contribution is -2.44. The molecule has 0 N–H and O–H groups in total. The van der Waals surface area contributed by atoms with Gasteiger partial charge in [0.25, 0.3) is 0 Å². The second-order valence-electron chi connectivity index (χ2n) is 5.54. The average Bonchev–Trinajstić information content (AvgIpc) is 2.82. The van der Waals surface area contributed by atoms with Gasteiger partial charge in [-0.15, -0.1) is 0 Å². The molecular weight excluding hydrogens is 256 g/mol. The highest BCUT2D eigenvalue weighted by atomic mass is 28.3. The Morgan fingerprint density at radius 2 is 1.25 bits per heavy atom. The summed E-state index contributed by atoms with van der Waals surface area (Å²) in [6, 6.07) is 22.1. The van der Waals surface area contributed by atoms with Crippen molar-refractivity contribution in [3.05, 3.63) is 83.1 Å². The Labute approximate surface area is 123 Å². The van der Waals surface area contributed by atoms with Crippen LogP contribution in [0.2, 0.25) is 0 Å². The molecule has 100 valence electrons. The molecule has 0 nitrogen and oxygen atoms in total. The summed E-state index contributed by atoms with van der Waals surface area (Å²) >= 11 is 0. The molecule has 0 amide bonds. The molecule has 2 aromatic carbocycles. The highest BCUT2D eigenvalue weighted by molar-refractivity contribution is 6.91. The van der Waals surface area contributed by atoms with Gasteiger partial charge in [0.15, 0.2) is 0 Å². The van der Waals surface area contributed by atoms with Gasteiger partial charge in [-0.1, -0.05) is 93.5 Å². The van der Waals surface area contributed by atoms with Crippen LogP contribution in [0.3, 0.4) is 0 Å². The molecule has 0 spiro atoms. The van der Waals surface area contributed by atoms with E-state index >= 15 is 0 Å². The van der Waals surface area contributed by atoms with Crippen molar-refractivity contribution in [1.29, 1.82) is 0 Å². The lowest BCUT2D eigenvalue weighted by molar-refractivity contribution is 1.24. The van der Waals surface area contributed by atoms with Crippen LogP contribution in [-0.2, 0) is 0 Å². The van der Waals surface area contributed by atoms with Crippen LogP contribution in [0.1, 0.15) is 20.3 Å². The number of allylic oxidation sites excluding steroid dienone is 4. The number of benzene rings is 2. The largest absolute Gasteiger partial charge is 0.133 e. The van der Waals surface area contributed by atoms with Crippen LogP contribution in [0, 0.1) is 0 Å². The molecule has 0 fully saturated rings. The van der Waals surface area contributed by atoms with E-state index in [1.165, 1.54) is 15.9 Å². The molecule has 0 saturated heterocycles. The first-order chi connectivity index (χ1) is 9.77. The van der Waals surface area contributed by atoms with Crippen molar-refractivity contribution in [3.8, 4) is 0 Å². The predicted molar refractivity (Wildman–Crippen MR) is 90.4 cm³/mol. The number of hydrogen-bond acceptors (Lipinski definition) is 0. The third-order valence-electron chi connectivity index (χ3n) is 4.15. The molecule has 0 atom stereocenters. The fraction of sp³-hybridized carbons (Fsp3) is 0.158. The first kappa shape index (κ1) is 13.1. The van der Waals surface area contributed by atoms with E-state index in [1.54, 1.807) is 10.8 Å². The van der Waals surface area contributed by atoms with Crippen molar-refractivity contribution in [2.45, 2.75) is 20.3 Å². The van der Waals surface area contributed by atoms with E-state index in [0.29, 0.717) is 0 Å². The van der Waals surface area contributed by atoms with Crippen LogP contribution in [0.15, 0.2) is 83.1 Å². The van der Waals surface area contributed by atoms with Gasteiger partial charge in [-0.3, -0.25) is 0 Å². The average molecular weight is 276 g/mol. The lowest BCUT2D eigenvalue weighted by atomic mass is 10.3. The van der Waals surface area contributed by atoms with Crippen molar-refractivity contribution in [3.63, 3.8) is 0 Å². The van der Waals surface area contributed by atoms with Crippen LogP contribution < -0.4 is 10.4 Å². The topological polar surface area (TPSA) is 0 Å². The molecule has 0 saturated carbocycles. The molecule has 20 heavy (non-hydrogen) atoms. The van der Waals surface area contributed by atoms with Crippen molar-refractivity contribution in [2.75, 3.05) is 0 Å². The highest BCUT2D eigenvalue weighted by Gasteiger charge is 2.25. The third kappa shape index (κ3) is 2.41. The summed E-state index contributed by atoms with van der Waals surface area (Å²) in [5.74, 6) is 0. The maximum atomic E-state index is 2.39. The SMILES string of the molecule is CC1=CCC(C)=C1[SiH](c1ccccc1)c1ccccc1. The van der Waals surface area contributed by atoms with Gasteiger partial charge in [0.2, 0.25) is 0 Å². The summed E-state index contributed by atoms with van der Waals surface area (Å²) in [5.41, 5.74) is 3.05. The van der Waals surface area contributed by atoms with E-state index in [9.17, 15) is 0 Å². The van der Waals surface area contributed by atoms with E-state index in [2.05, 4.69) is 80.6 Å². The van der Waals surface area contributed by atoms with Gasteiger partial charge < -0.3 is 0 Å². The van der Waals surface area contributed by atoms with Gasteiger partial charge in [0.1, 0.15) is 8.80 Å². The summed E-state index contributed by atoms with van der Waals surface area (Å²) in [6.45, 7) is 4.58. The normalized spacial score (nSPS) is 14.8. The zero-order valence-corrected chi connectivity index (χ0v) is 13.3. The van der Waals surface area contributed by atoms with Gasteiger partial charge >= 0.3 is 0 Å². The summed E-state index contributed by atoms with van der Waals surface area (Å²) < 4.78 is 0. The molecular formula is C19H20Si. The molecule has 0 radical (unpaired) electrons. The minimum atomic E-state index is -1.31. The first-order valence-electron chi connectivity index (χ1n) is 7.24. The van der Waals surface area contributed by atoms with Crippen molar-refractivity contribution in [1.82, 2.24) is 0 Å². The Bertz CT molecular complexity index is 611. The van der Waals surface area contributed by atoms with Crippen LogP contribution in [0.4, 0.5) is 0 Å². The maximum absolute atomic E-state index is 2.39. The summed E-state index contributed by atoms with van der Waals surface area (Å²) in [7, 11) is -1.31. The molecule has 0 unspecified atom stereocenters. The number of rotatable bonds is 3. The third-order valence-corrected chi connectivity index (χ3v) is 7.78. The predicted octanol–water partition coefficient (Wildman–Crippen LogP) is 3.23. The second-order valence-corrected chi connectivity index (χ2v) is 8.32. The van der Waals surface area contributed by atoms with Crippen LogP contribution in [0.25, 0.3) is 0 Å². The molecule has 0 heterocycles. The van der Waals surface area contributed by atoms with E-state index in [0.717, 1.165) is 6.42 Å². The van der Waals surface area contributed by atoms with E-state index < -0.39 is 8.80 Å². The second kappa shape index (κ2) is 5.64. The van der Waals surface area contributed by atoms with E-state index in [-0.39, 0.29) is 0 Å². The molecule has 1 aliphatic rings. The van der Waals surface area contributed by atoms with E-state index in [1.807, 2.05) is 0 Å². The van der Waals surface area contributed by atoms with Gasteiger partial charge in [-0.05, 0) is 20.3 Å². The van der Waals surface area contributed by atoms with Gasteiger partial charge in [0.05, 0.1) is 0 Å². The van der Waals surface area contributed by atoms with Gasteiger partial charge in [-0.25, -0.2) is 0 Å². The number of hydrogen-bond donors (Lipinski definition) is 0. The quantitative estimate of drug-likeness (QED) is 0.755. The molecule has 0 bridgehead atoms. The Morgan fingerprint density at radius 3 is 1.65 bits per heavy atom. The van der Waals surface area contributed by atoms with Crippen molar-refractivity contribution >= 4 is 19.2 Å². The minimum absolute atomic E-state index is 1.13. The molecule has 0 aromatic heterocycles. The summed E-state index contributed by atoms with van der Waals surface area (Å²) in [5, 5.41) is 4.67. The van der Waals surface area contributed by atoms with Crippen molar-refractivity contribution in [2.24, 2.45) is 0 Å². The van der Waals surface area contributed by atoms with Crippen LogP contribution in [0.5, 0.6) is 0 Å². The smallest absolute Gasteiger partial charge is 0.0776 e. The lowest BCUT2D eigenvalue weighted by Gasteiger charge is -2.21. The van der Waals surface area contributed by atoms with Gasteiger partial charge in [-0.2, -0.15) is 0 Å². The Balaban J connectivity index is 2.15. The molecule has 2 aromatic rings. The monoisotopic (exact) mass is 276 g/mol. The zero-order chi connectivity index (χ0) is 13.9. The first-order valence-corrected chi connectivity index (χ1v) is 8.97. The fourth-order valence-electron chi connectivity index (χ4n) is 3.15. The fourth-order valence-corrected chi connectivity index (χ4v) is 6.60.